The average molecular weight is 358 g/mol. The van der Waals surface area contributed by atoms with Crippen molar-refractivity contribution in [2.24, 2.45) is 0 Å². The van der Waals surface area contributed by atoms with Gasteiger partial charge < -0.3 is 4.52 Å². The first-order valence-electron chi connectivity index (χ1n) is 5.93. The highest BCUT2D eigenvalue weighted by Gasteiger charge is 2.23. The number of thioether (sulfide) groups is 1. The van der Waals surface area contributed by atoms with E-state index < -0.39 is 24.1 Å². The van der Waals surface area contributed by atoms with E-state index in [0.717, 1.165) is 6.07 Å². The molecule has 22 heavy (non-hydrogen) atoms. The lowest BCUT2D eigenvalue weighted by atomic mass is 10.1. The van der Waals surface area contributed by atoms with E-state index in [-0.39, 0.29) is 21.2 Å². The predicted molar refractivity (Wildman–Crippen MR) is 73.4 cm³/mol. The smallest absolute Gasteiger partial charge is 0.298 e. The van der Waals surface area contributed by atoms with Crippen LogP contribution in [0.25, 0.3) is 11.3 Å². The van der Waals surface area contributed by atoms with E-state index in [0.29, 0.717) is 17.3 Å². The molecular weight excluding hydrogens is 349 g/mol. The zero-order valence-electron chi connectivity index (χ0n) is 11.0. The summed E-state index contributed by atoms with van der Waals surface area (Å²) in [4.78, 5) is 0.216. The summed E-state index contributed by atoms with van der Waals surface area (Å²) in [6.07, 6.45) is -5.98. The van der Waals surface area contributed by atoms with Gasteiger partial charge in [0.2, 0.25) is 11.3 Å². The van der Waals surface area contributed by atoms with Gasteiger partial charge in [0.25, 0.3) is 12.9 Å². The summed E-state index contributed by atoms with van der Waals surface area (Å²) >= 11 is 6.33. The van der Waals surface area contributed by atoms with Crippen molar-refractivity contribution in [1.29, 1.82) is 0 Å². The third-order valence-electron chi connectivity index (χ3n) is 2.72. The Hall–Kier alpha value is -1.28. The topological polar surface area (TPSA) is 26.0 Å². The molecule has 2 aromatic rings. The number of hydrogen-bond acceptors (Lipinski definition) is 3. The van der Waals surface area contributed by atoms with Crippen molar-refractivity contribution in [2.75, 3.05) is 0 Å². The molecule has 1 unspecified atom stereocenters. The highest BCUT2D eigenvalue weighted by molar-refractivity contribution is 7.99. The lowest BCUT2D eigenvalue weighted by molar-refractivity contribution is 0.0953. The van der Waals surface area contributed by atoms with Crippen LogP contribution in [0, 0.1) is 6.92 Å². The van der Waals surface area contributed by atoms with Crippen molar-refractivity contribution in [2.45, 2.75) is 30.2 Å². The Morgan fingerprint density at radius 2 is 1.82 bits per heavy atom. The number of halogens is 6. The Morgan fingerprint density at radius 1 is 1.14 bits per heavy atom. The Bertz CT molecular complexity index is 664. The van der Waals surface area contributed by atoms with E-state index in [2.05, 4.69) is 9.68 Å². The van der Waals surface area contributed by atoms with E-state index in [4.69, 9.17) is 11.6 Å². The van der Waals surface area contributed by atoms with Crippen LogP contribution in [0.5, 0.6) is 0 Å². The molecule has 9 heteroatoms. The Balaban J connectivity index is 2.39. The summed E-state index contributed by atoms with van der Waals surface area (Å²) in [5.41, 5.74) is -1.69. The van der Waals surface area contributed by atoms with E-state index in [1.165, 1.54) is 12.1 Å². The minimum atomic E-state index is -3.14. The lowest BCUT2D eigenvalue weighted by Crippen LogP contribution is -2.06. The number of benzene rings is 1. The summed E-state index contributed by atoms with van der Waals surface area (Å²) in [5, 5.41) is 3.63. The standard InChI is InChI=1S/C13H9ClF5NOS/c1-5-2-7(14)6(3-10(5)22-13(19)12(17)18)8-4-9(11(15)16)21-20-8/h2-4,11-13H,1H3. The van der Waals surface area contributed by atoms with Gasteiger partial charge in [-0.25, -0.2) is 22.0 Å². The van der Waals surface area contributed by atoms with Crippen molar-refractivity contribution in [3.05, 3.63) is 34.5 Å². The maximum absolute atomic E-state index is 13.2. The molecule has 1 aromatic carbocycles. The minimum Gasteiger partial charge on any atom is -0.355 e. The van der Waals surface area contributed by atoms with Gasteiger partial charge in [0.1, 0.15) is 5.69 Å². The molecule has 0 aliphatic carbocycles. The van der Waals surface area contributed by atoms with E-state index in [1.807, 2.05) is 0 Å². The van der Waals surface area contributed by atoms with Gasteiger partial charge in [-0.05, 0) is 24.6 Å². The molecule has 0 saturated heterocycles. The SMILES string of the molecule is Cc1cc(Cl)c(-c2cc(C(F)F)on2)cc1SC(F)C(F)F. The quantitative estimate of drug-likeness (QED) is 0.492. The van der Waals surface area contributed by atoms with Crippen LogP contribution in [-0.2, 0) is 0 Å². The third kappa shape index (κ3) is 3.73. The molecule has 1 atom stereocenters. The van der Waals surface area contributed by atoms with Gasteiger partial charge in [-0.15, -0.1) is 0 Å². The number of alkyl halides is 5. The molecule has 1 aromatic heterocycles. The van der Waals surface area contributed by atoms with Crippen molar-refractivity contribution >= 4 is 23.4 Å². The molecule has 0 saturated carbocycles. The normalized spacial score (nSPS) is 13.1. The number of aromatic nitrogens is 1. The van der Waals surface area contributed by atoms with Crippen LogP contribution in [0.15, 0.2) is 27.6 Å². The summed E-state index contributed by atoms with van der Waals surface area (Å²) in [5.74, 6) is -0.642. The average Bonchev–Trinajstić information content (AvgIpc) is 2.91. The number of hydrogen-bond donors (Lipinski definition) is 0. The third-order valence-corrected chi connectivity index (χ3v) is 4.16. The van der Waals surface area contributed by atoms with Crippen LogP contribution >= 0.6 is 23.4 Å². The molecule has 2 nitrogen and oxygen atoms in total. The van der Waals surface area contributed by atoms with E-state index >= 15 is 0 Å². The summed E-state index contributed by atoms with van der Waals surface area (Å²) in [6, 6.07) is 3.74. The number of rotatable bonds is 5. The van der Waals surface area contributed by atoms with Crippen molar-refractivity contribution in [3.63, 3.8) is 0 Å². The molecule has 0 fully saturated rings. The van der Waals surface area contributed by atoms with Gasteiger partial charge in [-0.2, -0.15) is 0 Å². The van der Waals surface area contributed by atoms with E-state index in [1.54, 1.807) is 6.92 Å². The van der Waals surface area contributed by atoms with Gasteiger partial charge in [0, 0.05) is 16.5 Å². The summed E-state index contributed by atoms with van der Waals surface area (Å²) < 4.78 is 67.3. The summed E-state index contributed by atoms with van der Waals surface area (Å²) in [7, 11) is 0. The molecule has 0 N–H and O–H groups in total. The number of nitrogens with zero attached hydrogens (tertiary/aromatic N) is 1. The van der Waals surface area contributed by atoms with Crippen LogP contribution in [-0.4, -0.2) is 17.1 Å². The fourth-order valence-corrected chi connectivity index (χ4v) is 2.76. The Morgan fingerprint density at radius 3 is 2.36 bits per heavy atom. The zero-order valence-corrected chi connectivity index (χ0v) is 12.6. The summed E-state index contributed by atoms with van der Waals surface area (Å²) in [6.45, 7) is 1.57. The van der Waals surface area contributed by atoms with Gasteiger partial charge in [-0.1, -0.05) is 28.5 Å². The highest BCUT2D eigenvalue weighted by atomic mass is 35.5. The first kappa shape index (κ1) is 17.1. The van der Waals surface area contributed by atoms with Crippen molar-refractivity contribution in [3.8, 4) is 11.3 Å². The molecule has 0 bridgehead atoms. The van der Waals surface area contributed by atoms with Crippen molar-refractivity contribution < 1.29 is 26.5 Å². The maximum Gasteiger partial charge on any atom is 0.298 e. The lowest BCUT2D eigenvalue weighted by Gasteiger charge is -2.11. The molecule has 1 heterocycles. The molecular formula is C13H9ClF5NOS. The molecule has 0 amide bonds. The minimum absolute atomic E-state index is 0.0228. The van der Waals surface area contributed by atoms with Gasteiger partial charge in [0.15, 0.2) is 0 Å². The van der Waals surface area contributed by atoms with Gasteiger partial charge in [0.05, 0.1) is 5.02 Å². The molecule has 0 aliphatic heterocycles. The first-order valence-corrected chi connectivity index (χ1v) is 7.19. The second kappa shape index (κ2) is 6.87. The van der Waals surface area contributed by atoms with Crippen molar-refractivity contribution in [1.82, 2.24) is 5.16 Å². The Labute approximate surface area is 131 Å². The molecule has 0 spiro atoms. The fraction of sp³-hybridized carbons (Fsp3) is 0.308. The zero-order chi connectivity index (χ0) is 16.4. The van der Waals surface area contributed by atoms with Gasteiger partial charge >= 0.3 is 0 Å². The van der Waals surface area contributed by atoms with Crippen LogP contribution < -0.4 is 0 Å². The molecule has 2 rings (SSSR count). The maximum atomic E-state index is 13.2. The van der Waals surface area contributed by atoms with Crippen LogP contribution in [0.3, 0.4) is 0 Å². The fourth-order valence-electron chi connectivity index (χ4n) is 1.67. The van der Waals surface area contributed by atoms with E-state index in [9.17, 15) is 22.0 Å². The van der Waals surface area contributed by atoms with Crippen LogP contribution in [0.4, 0.5) is 22.0 Å². The Kier molecular flexibility index (Phi) is 5.33. The molecule has 0 radical (unpaired) electrons. The number of aryl methyl sites for hydroxylation is 1. The largest absolute Gasteiger partial charge is 0.355 e. The first-order chi connectivity index (χ1) is 10.3. The second-order valence-electron chi connectivity index (χ2n) is 4.32. The molecule has 120 valence electrons. The van der Waals surface area contributed by atoms with Crippen LogP contribution in [0.2, 0.25) is 5.02 Å². The second-order valence-corrected chi connectivity index (χ2v) is 5.85. The predicted octanol–water partition coefficient (Wildman–Crippen LogP) is 5.89. The molecule has 0 aliphatic rings. The van der Waals surface area contributed by atoms with Gasteiger partial charge in [-0.3, -0.25) is 0 Å². The monoisotopic (exact) mass is 357 g/mol. The highest BCUT2D eigenvalue weighted by Crippen LogP contribution is 2.38. The van der Waals surface area contributed by atoms with Crippen LogP contribution in [0.1, 0.15) is 17.7 Å².